The molecule has 0 saturated carbocycles. The minimum Gasteiger partial charge on any atom is -0.461 e. The number of aryl methyl sites for hydroxylation is 1. The van der Waals surface area contributed by atoms with Gasteiger partial charge >= 0.3 is 5.97 Å². The molecule has 1 aromatic heterocycles. The molecular weight excluding hydrogens is 316 g/mol. The molecule has 0 unspecified atom stereocenters. The minimum absolute atomic E-state index is 0.184. The Kier molecular flexibility index (Phi) is 4.75. The average Bonchev–Trinajstić information content (AvgIpc) is 3.08. The average molecular weight is 334 g/mol. The highest BCUT2D eigenvalue weighted by Gasteiger charge is 2.26. The lowest BCUT2D eigenvalue weighted by Gasteiger charge is -2.06. The maximum absolute atomic E-state index is 12.9. The lowest BCUT2D eigenvalue weighted by atomic mass is 9.97. The number of benzene rings is 2. The van der Waals surface area contributed by atoms with E-state index in [0.717, 1.165) is 11.1 Å². The number of aromatic amines is 1. The Bertz CT molecular complexity index is 896. The van der Waals surface area contributed by atoms with Crippen molar-refractivity contribution >= 4 is 11.8 Å². The third-order valence-electron chi connectivity index (χ3n) is 3.84. The topological polar surface area (TPSA) is 72.1 Å². The van der Waals surface area contributed by atoms with Gasteiger partial charge in [-0.15, -0.1) is 0 Å². The van der Waals surface area contributed by atoms with Crippen LogP contribution in [0.15, 0.2) is 54.6 Å². The SMILES string of the molecule is CCOC(=O)c1[nH]nc(C(=O)c2ccc(C)cc2)c1-c1ccccc1. The van der Waals surface area contributed by atoms with Gasteiger partial charge < -0.3 is 4.74 Å². The summed E-state index contributed by atoms with van der Waals surface area (Å²) in [6.45, 7) is 3.93. The predicted molar refractivity (Wildman–Crippen MR) is 94.6 cm³/mol. The number of carbonyl (C=O) groups is 2. The van der Waals surface area contributed by atoms with Crippen molar-refractivity contribution in [2.75, 3.05) is 6.61 Å². The molecule has 5 heteroatoms. The van der Waals surface area contributed by atoms with Crippen LogP contribution in [0.2, 0.25) is 0 Å². The predicted octanol–water partition coefficient (Wildman–Crippen LogP) is 3.79. The number of ketones is 1. The van der Waals surface area contributed by atoms with Crippen molar-refractivity contribution < 1.29 is 14.3 Å². The Morgan fingerprint density at radius 3 is 2.36 bits per heavy atom. The normalized spacial score (nSPS) is 10.5. The van der Waals surface area contributed by atoms with E-state index in [0.29, 0.717) is 11.1 Å². The van der Waals surface area contributed by atoms with Crippen molar-refractivity contribution in [2.24, 2.45) is 0 Å². The first kappa shape index (κ1) is 16.6. The fourth-order valence-corrected chi connectivity index (χ4v) is 2.58. The smallest absolute Gasteiger partial charge is 0.357 e. The molecule has 0 amide bonds. The van der Waals surface area contributed by atoms with E-state index < -0.39 is 5.97 Å². The molecule has 0 radical (unpaired) electrons. The number of carbonyl (C=O) groups excluding carboxylic acids is 2. The summed E-state index contributed by atoms with van der Waals surface area (Å²) in [6, 6.07) is 16.5. The number of hydrogen-bond acceptors (Lipinski definition) is 4. The van der Waals surface area contributed by atoms with Crippen molar-refractivity contribution in [3.05, 3.63) is 77.1 Å². The van der Waals surface area contributed by atoms with Crippen LogP contribution in [-0.2, 0) is 4.74 Å². The van der Waals surface area contributed by atoms with E-state index in [2.05, 4.69) is 10.2 Å². The van der Waals surface area contributed by atoms with Gasteiger partial charge in [0.15, 0.2) is 5.69 Å². The molecule has 0 aliphatic carbocycles. The van der Waals surface area contributed by atoms with Crippen LogP contribution in [0.25, 0.3) is 11.1 Å². The molecule has 0 fully saturated rings. The first-order valence-corrected chi connectivity index (χ1v) is 8.04. The highest BCUT2D eigenvalue weighted by molar-refractivity contribution is 6.14. The van der Waals surface area contributed by atoms with Crippen LogP contribution >= 0.6 is 0 Å². The van der Waals surface area contributed by atoms with Gasteiger partial charge in [0.25, 0.3) is 0 Å². The second-order valence-corrected chi connectivity index (χ2v) is 5.60. The summed E-state index contributed by atoms with van der Waals surface area (Å²) in [5.41, 5.74) is 3.17. The number of esters is 1. The Morgan fingerprint density at radius 1 is 1.04 bits per heavy atom. The Hall–Kier alpha value is -3.21. The van der Waals surface area contributed by atoms with Gasteiger partial charge in [0.2, 0.25) is 5.78 Å². The minimum atomic E-state index is -0.531. The molecule has 25 heavy (non-hydrogen) atoms. The van der Waals surface area contributed by atoms with Crippen molar-refractivity contribution in [3.8, 4) is 11.1 Å². The summed E-state index contributed by atoms with van der Waals surface area (Å²) in [5, 5.41) is 6.79. The molecule has 1 N–H and O–H groups in total. The molecule has 0 aliphatic rings. The van der Waals surface area contributed by atoms with Crippen LogP contribution in [0.1, 0.15) is 39.0 Å². The highest BCUT2D eigenvalue weighted by Crippen LogP contribution is 2.28. The van der Waals surface area contributed by atoms with Crippen molar-refractivity contribution in [3.63, 3.8) is 0 Å². The highest BCUT2D eigenvalue weighted by atomic mass is 16.5. The number of H-pyrrole nitrogens is 1. The lowest BCUT2D eigenvalue weighted by molar-refractivity contribution is 0.0520. The Balaban J connectivity index is 2.12. The third-order valence-corrected chi connectivity index (χ3v) is 3.84. The molecule has 2 aromatic carbocycles. The van der Waals surface area contributed by atoms with E-state index in [1.54, 1.807) is 19.1 Å². The first-order valence-electron chi connectivity index (χ1n) is 8.04. The number of rotatable bonds is 5. The summed E-state index contributed by atoms with van der Waals surface area (Å²) in [5.74, 6) is -0.775. The lowest BCUT2D eigenvalue weighted by Crippen LogP contribution is -2.08. The first-order chi connectivity index (χ1) is 12.1. The van der Waals surface area contributed by atoms with Gasteiger partial charge in [-0.1, -0.05) is 60.2 Å². The maximum Gasteiger partial charge on any atom is 0.357 e. The molecule has 3 aromatic rings. The van der Waals surface area contributed by atoms with E-state index in [-0.39, 0.29) is 23.8 Å². The number of aromatic nitrogens is 2. The summed E-state index contributed by atoms with van der Waals surface area (Å²) < 4.78 is 5.08. The van der Waals surface area contributed by atoms with Crippen LogP contribution in [0.4, 0.5) is 0 Å². The van der Waals surface area contributed by atoms with E-state index in [4.69, 9.17) is 4.74 Å². The van der Waals surface area contributed by atoms with Crippen LogP contribution in [0, 0.1) is 6.92 Å². The van der Waals surface area contributed by atoms with Gasteiger partial charge in [0, 0.05) is 11.1 Å². The van der Waals surface area contributed by atoms with Gasteiger partial charge in [-0.25, -0.2) is 4.79 Å². The fraction of sp³-hybridized carbons (Fsp3) is 0.150. The molecule has 126 valence electrons. The third kappa shape index (κ3) is 3.35. The van der Waals surface area contributed by atoms with Gasteiger partial charge in [-0.2, -0.15) is 5.10 Å². The zero-order valence-corrected chi connectivity index (χ0v) is 14.1. The van der Waals surface area contributed by atoms with Crippen LogP contribution in [0.5, 0.6) is 0 Å². The molecule has 0 aliphatic heterocycles. The number of ether oxygens (including phenoxy) is 1. The molecule has 0 saturated heterocycles. The van der Waals surface area contributed by atoms with Crippen LogP contribution in [0.3, 0.4) is 0 Å². The van der Waals surface area contributed by atoms with E-state index in [1.165, 1.54) is 0 Å². The number of nitrogens with one attached hydrogen (secondary N) is 1. The second kappa shape index (κ2) is 7.13. The molecule has 5 nitrogen and oxygen atoms in total. The zero-order valence-electron chi connectivity index (χ0n) is 14.1. The second-order valence-electron chi connectivity index (χ2n) is 5.60. The largest absolute Gasteiger partial charge is 0.461 e. The maximum atomic E-state index is 12.9. The Labute approximate surface area is 145 Å². The summed E-state index contributed by atoms with van der Waals surface area (Å²) >= 11 is 0. The van der Waals surface area contributed by atoms with E-state index >= 15 is 0 Å². The van der Waals surface area contributed by atoms with Crippen LogP contribution < -0.4 is 0 Å². The van der Waals surface area contributed by atoms with Crippen molar-refractivity contribution in [1.29, 1.82) is 0 Å². The number of nitrogens with zero attached hydrogens (tertiary/aromatic N) is 1. The van der Waals surface area contributed by atoms with Crippen LogP contribution in [-0.4, -0.2) is 28.6 Å². The standard InChI is InChI=1S/C20H18N2O3/c1-3-25-20(24)18-16(14-7-5-4-6-8-14)17(21-22-18)19(23)15-11-9-13(2)10-12-15/h4-12H,3H2,1-2H3,(H,21,22). The van der Waals surface area contributed by atoms with Gasteiger partial charge in [0.05, 0.1) is 6.61 Å². The fourth-order valence-electron chi connectivity index (χ4n) is 2.58. The van der Waals surface area contributed by atoms with Gasteiger partial charge in [-0.3, -0.25) is 9.89 Å². The molecule has 1 heterocycles. The van der Waals surface area contributed by atoms with Gasteiger partial charge in [0.1, 0.15) is 5.69 Å². The number of hydrogen-bond donors (Lipinski definition) is 1. The summed E-state index contributed by atoms with van der Waals surface area (Å²) in [4.78, 5) is 25.2. The van der Waals surface area contributed by atoms with E-state index in [9.17, 15) is 9.59 Å². The van der Waals surface area contributed by atoms with Gasteiger partial charge in [-0.05, 0) is 19.4 Å². The zero-order chi connectivity index (χ0) is 17.8. The summed E-state index contributed by atoms with van der Waals surface area (Å²) in [6.07, 6.45) is 0. The monoisotopic (exact) mass is 334 g/mol. The summed E-state index contributed by atoms with van der Waals surface area (Å²) in [7, 11) is 0. The quantitative estimate of drug-likeness (QED) is 0.569. The molecular formula is C20H18N2O3. The molecule has 0 bridgehead atoms. The molecule has 0 atom stereocenters. The van der Waals surface area contributed by atoms with E-state index in [1.807, 2.05) is 49.4 Å². The Morgan fingerprint density at radius 2 is 1.72 bits per heavy atom. The van der Waals surface area contributed by atoms with Crippen molar-refractivity contribution in [2.45, 2.75) is 13.8 Å². The molecule has 0 spiro atoms. The molecule has 3 rings (SSSR count). The van der Waals surface area contributed by atoms with Crippen molar-refractivity contribution in [1.82, 2.24) is 10.2 Å².